The second kappa shape index (κ2) is 7.22. The highest BCUT2D eigenvalue weighted by molar-refractivity contribution is 5.88. The molecule has 2 unspecified atom stereocenters. The summed E-state index contributed by atoms with van der Waals surface area (Å²) >= 11 is 0. The number of carbonyl (C=O) groups excluding carboxylic acids is 1. The molecule has 1 heterocycles. The third-order valence-electron chi connectivity index (χ3n) is 2.46. The summed E-state index contributed by atoms with van der Waals surface area (Å²) in [5.41, 5.74) is 0.372. The zero-order chi connectivity index (χ0) is 14.4. The number of aliphatic hydroxyl groups is 2. The van der Waals surface area contributed by atoms with E-state index in [-0.39, 0.29) is 5.69 Å². The van der Waals surface area contributed by atoms with Gasteiger partial charge >= 0.3 is 5.97 Å². The van der Waals surface area contributed by atoms with Crippen LogP contribution in [0.3, 0.4) is 0 Å². The van der Waals surface area contributed by atoms with Crippen LogP contribution in [-0.2, 0) is 15.9 Å². The summed E-state index contributed by atoms with van der Waals surface area (Å²) < 4.78 is 9.64. The number of nitrogens with one attached hydrogen (secondary N) is 1. The molecule has 19 heavy (non-hydrogen) atoms. The zero-order valence-electron chi connectivity index (χ0n) is 11.3. The average Bonchev–Trinajstić information content (AvgIpc) is 2.74. The van der Waals surface area contributed by atoms with E-state index < -0.39 is 25.2 Å². The van der Waals surface area contributed by atoms with Crippen molar-refractivity contribution in [1.82, 2.24) is 9.97 Å². The Morgan fingerprint density at radius 1 is 1.47 bits per heavy atom. The zero-order valence-corrected chi connectivity index (χ0v) is 11.3. The predicted molar refractivity (Wildman–Crippen MR) is 66.3 cm³/mol. The van der Waals surface area contributed by atoms with E-state index in [0.29, 0.717) is 17.9 Å². The quantitative estimate of drug-likeness (QED) is 0.503. The van der Waals surface area contributed by atoms with E-state index in [1.54, 1.807) is 0 Å². The maximum absolute atomic E-state index is 11.9. The number of ether oxygens (including phenoxy) is 2. The van der Waals surface area contributed by atoms with E-state index in [1.165, 1.54) is 13.8 Å². The summed E-state index contributed by atoms with van der Waals surface area (Å²) in [6.07, 6.45) is -0.193. The van der Waals surface area contributed by atoms with Crippen molar-refractivity contribution in [1.29, 1.82) is 0 Å². The fourth-order valence-electron chi connectivity index (χ4n) is 1.60. The van der Waals surface area contributed by atoms with E-state index in [4.69, 9.17) is 14.6 Å². The van der Waals surface area contributed by atoms with Crippen molar-refractivity contribution in [2.75, 3.05) is 6.79 Å². The summed E-state index contributed by atoms with van der Waals surface area (Å²) in [6, 6.07) is 0. The van der Waals surface area contributed by atoms with Gasteiger partial charge in [0, 0.05) is 6.42 Å². The molecule has 108 valence electrons. The fraction of sp³-hybridized carbons (Fsp3) is 0.667. The van der Waals surface area contributed by atoms with Crippen LogP contribution in [0.15, 0.2) is 0 Å². The van der Waals surface area contributed by atoms with Crippen LogP contribution in [0.25, 0.3) is 0 Å². The Balaban J connectivity index is 2.87. The van der Waals surface area contributed by atoms with Gasteiger partial charge in [-0.2, -0.15) is 0 Å². The highest BCUT2D eigenvalue weighted by Gasteiger charge is 2.23. The number of aromatic amines is 1. The molecule has 0 bridgehead atoms. The number of hydrogen-bond acceptors (Lipinski definition) is 6. The first kappa shape index (κ1) is 15.6. The Morgan fingerprint density at radius 2 is 2.16 bits per heavy atom. The summed E-state index contributed by atoms with van der Waals surface area (Å²) in [4.78, 5) is 18.9. The lowest BCUT2D eigenvalue weighted by atomic mass is 10.2. The molecule has 0 radical (unpaired) electrons. The maximum atomic E-state index is 11.9. The molecular formula is C12H20N2O5. The molecular weight excluding hydrogens is 252 g/mol. The lowest BCUT2D eigenvalue weighted by Gasteiger charge is -2.12. The highest BCUT2D eigenvalue weighted by atomic mass is 16.7. The molecule has 0 saturated heterocycles. The number of imidazole rings is 1. The molecule has 7 nitrogen and oxygen atoms in total. The van der Waals surface area contributed by atoms with Crippen LogP contribution in [0.4, 0.5) is 0 Å². The minimum atomic E-state index is -0.884. The van der Waals surface area contributed by atoms with Gasteiger partial charge in [0.25, 0.3) is 0 Å². The molecule has 1 aromatic heterocycles. The summed E-state index contributed by atoms with van der Waals surface area (Å²) in [5, 5.41) is 18.2. The third kappa shape index (κ3) is 4.30. The Labute approximate surface area is 111 Å². The molecule has 0 aliphatic heterocycles. The van der Waals surface area contributed by atoms with Gasteiger partial charge in [-0.05, 0) is 20.3 Å². The normalized spacial score (nSPS) is 14.2. The van der Waals surface area contributed by atoms with Crippen molar-refractivity contribution >= 4 is 5.97 Å². The smallest absolute Gasteiger partial charge is 0.361 e. The Morgan fingerprint density at radius 3 is 2.68 bits per heavy atom. The van der Waals surface area contributed by atoms with Crippen LogP contribution in [-0.4, -0.2) is 39.2 Å². The number of hydrogen-bond donors (Lipinski definition) is 3. The van der Waals surface area contributed by atoms with Crippen molar-refractivity contribution in [2.45, 2.75) is 46.0 Å². The van der Waals surface area contributed by atoms with Crippen LogP contribution in [0.1, 0.15) is 55.3 Å². The number of nitrogens with zero attached hydrogens (tertiary/aromatic N) is 1. The SMILES string of the molecule is CCCc1nc(C(=O)OC(C)OCO)c(C(C)O)[nH]1. The van der Waals surface area contributed by atoms with Gasteiger partial charge in [-0.25, -0.2) is 9.78 Å². The minimum Gasteiger partial charge on any atom is -0.431 e. The van der Waals surface area contributed by atoms with E-state index in [0.717, 1.165) is 6.42 Å². The van der Waals surface area contributed by atoms with Crippen LogP contribution < -0.4 is 0 Å². The van der Waals surface area contributed by atoms with Crippen molar-refractivity contribution in [2.24, 2.45) is 0 Å². The second-order valence-corrected chi connectivity index (χ2v) is 4.14. The molecule has 2 atom stereocenters. The number of carbonyl (C=O) groups is 1. The first-order valence-electron chi connectivity index (χ1n) is 6.19. The molecule has 0 fully saturated rings. The maximum Gasteiger partial charge on any atom is 0.361 e. The number of aliphatic hydroxyl groups excluding tert-OH is 2. The molecule has 0 aliphatic carbocycles. The van der Waals surface area contributed by atoms with Crippen LogP contribution in [0.2, 0.25) is 0 Å². The number of aryl methyl sites for hydroxylation is 1. The second-order valence-electron chi connectivity index (χ2n) is 4.14. The standard InChI is InChI=1S/C12H20N2O5/c1-4-5-9-13-10(7(2)16)11(14-9)12(17)19-8(3)18-6-15/h7-8,15-16H,4-6H2,1-3H3,(H,13,14). The largest absolute Gasteiger partial charge is 0.431 e. The van der Waals surface area contributed by atoms with Gasteiger partial charge < -0.3 is 24.7 Å². The molecule has 1 rings (SSSR count). The van der Waals surface area contributed by atoms with Crippen LogP contribution in [0, 0.1) is 0 Å². The fourth-order valence-corrected chi connectivity index (χ4v) is 1.60. The van der Waals surface area contributed by atoms with Gasteiger partial charge in [0.15, 0.2) is 5.69 Å². The molecule has 1 aromatic rings. The van der Waals surface area contributed by atoms with E-state index in [9.17, 15) is 9.90 Å². The predicted octanol–water partition coefficient (Wildman–Crippen LogP) is 0.885. The Kier molecular flexibility index (Phi) is 5.94. The van der Waals surface area contributed by atoms with Crippen LogP contribution >= 0.6 is 0 Å². The topological polar surface area (TPSA) is 105 Å². The molecule has 3 N–H and O–H groups in total. The van der Waals surface area contributed by atoms with Crippen molar-refractivity contribution in [3.05, 3.63) is 17.2 Å². The molecule has 0 spiro atoms. The average molecular weight is 272 g/mol. The lowest BCUT2D eigenvalue weighted by molar-refractivity contribution is -0.144. The van der Waals surface area contributed by atoms with Gasteiger partial charge in [0.2, 0.25) is 6.29 Å². The molecule has 0 aromatic carbocycles. The molecule has 0 aliphatic rings. The van der Waals surface area contributed by atoms with Crippen molar-refractivity contribution < 1.29 is 24.5 Å². The van der Waals surface area contributed by atoms with Gasteiger partial charge in [-0.3, -0.25) is 0 Å². The molecule has 7 heteroatoms. The van der Waals surface area contributed by atoms with Crippen LogP contribution in [0.5, 0.6) is 0 Å². The lowest BCUT2D eigenvalue weighted by Crippen LogP contribution is -2.20. The number of H-pyrrole nitrogens is 1. The summed E-state index contributed by atoms with van der Waals surface area (Å²) in [7, 11) is 0. The Bertz CT molecular complexity index is 416. The monoisotopic (exact) mass is 272 g/mol. The van der Waals surface area contributed by atoms with E-state index in [2.05, 4.69) is 9.97 Å². The minimum absolute atomic E-state index is 0.0480. The van der Waals surface area contributed by atoms with Crippen molar-refractivity contribution in [3.8, 4) is 0 Å². The highest BCUT2D eigenvalue weighted by Crippen LogP contribution is 2.17. The van der Waals surface area contributed by atoms with Gasteiger partial charge in [0.1, 0.15) is 12.6 Å². The summed E-state index contributed by atoms with van der Waals surface area (Å²) in [5.74, 6) is -0.0727. The summed E-state index contributed by atoms with van der Waals surface area (Å²) in [6.45, 7) is 4.46. The van der Waals surface area contributed by atoms with E-state index in [1.807, 2.05) is 6.92 Å². The first-order valence-corrected chi connectivity index (χ1v) is 6.19. The third-order valence-corrected chi connectivity index (χ3v) is 2.46. The van der Waals surface area contributed by atoms with Crippen molar-refractivity contribution in [3.63, 3.8) is 0 Å². The first-order chi connectivity index (χ1) is 8.99. The van der Waals surface area contributed by atoms with E-state index >= 15 is 0 Å². The van der Waals surface area contributed by atoms with Gasteiger partial charge in [-0.1, -0.05) is 6.92 Å². The molecule has 0 saturated carbocycles. The number of esters is 1. The van der Waals surface area contributed by atoms with Gasteiger partial charge in [0.05, 0.1) is 11.8 Å². The number of aromatic nitrogens is 2. The molecule has 0 amide bonds. The Hall–Kier alpha value is -1.44. The number of rotatable bonds is 7. The van der Waals surface area contributed by atoms with Gasteiger partial charge in [-0.15, -0.1) is 0 Å².